The minimum absolute atomic E-state index is 0.205. The van der Waals surface area contributed by atoms with Crippen molar-refractivity contribution in [3.63, 3.8) is 0 Å². The number of nitrogens with one attached hydrogen (secondary N) is 1. The third-order valence-electron chi connectivity index (χ3n) is 5.29. The number of hydrogen-bond donors (Lipinski definition) is 2. The molecule has 0 aliphatic carbocycles. The quantitative estimate of drug-likeness (QED) is 0.597. The van der Waals surface area contributed by atoms with E-state index < -0.39 is 36.6 Å². The molecule has 0 saturated carbocycles. The molecule has 0 spiro atoms. The Morgan fingerprint density at radius 1 is 1.09 bits per heavy atom. The molecule has 32 heavy (non-hydrogen) atoms. The van der Waals surface area contributed by atoms with Crippen LogP contribution in [0.3, 0.4) is 0 Å². The lowest BCUT2D eigenvalue weighted by Crippen LogP contribution is -2.56. The van der Waals surface area contributed by atoms with E-state index in [1.165, 1.54) is 4.90 Å². The van der Waals surface area contributed by atoms with E-state index >= 15 is 0 Å². The average molecular weight is 479 g/mol. The van der Waals surface area contributed by atoms with Gasteiger partial charge in [0.25, 0.3) is 0 Å². The van der Waals surface area contributed by atoms with Crippen molar-refractivity contribution in [2.75, 3.05) is 13.2 Å². The maximum atomic E-state index is 13.1. The van der Waals surface area contributed by atoms with Crippen molar-refractivity contribution in [3.8, 4) is 0 Å². The van der Waals surface area contributed by atoms with Gasteiger partial charge in [0.05, 0.1) is 6.04 Å². The normalized spacial score (nSPS) is 19.5. The van der Waals surface area contributed by atoms with Gasteiger partial charge in [-0.2, -0.15) is 0 Å². The van der Waals surface area contributed by atoms with Gasteiger partial charge in [-0.1, -0.05) is 60.8 Å². The number of carboxylic acids is 1. The molecule has 0 aromatic heterocycles. The van der Waals surface area contributed by atoms with E-state index in [2.05, 4.69) is 5.32 Å². The van der Waals surface area contributed by atoms with Gasteiger partial charge in [-0.25, -0.2) is 0 Å². The van der Waals surface area contributed by atoms with Crippen LogP contribution in [0.4, 0.5) is 0 Å². The maximum absolute atomic E-state index is 13.1. The lowest BCUT2D eigenvalue weighted by molar-refractivity contribution is -0.167. The van der Waals surface area contributed by atoms with E-state index in [0.29, 0.717) is 22.9 Å². The van der Waals surface area contributed by atoms with Crippen LogP contribution < -0.4 is 5.32 Å². The van der Waals surface area contributed by atoms with Gasteiger partial charge in [-0.3, -0.25) is 14.4 Å². The summed E-state index contributed by atoms with van der Waals surface area (Å²) in [5.41, 5.74) is 1.54. The van der Waals surface area contributed by atoms with Crippen LogP contribution >= 0.6 is 23.2 Å². The number of hydrogen-bond acceptors (Lipinski definition) is 4. The number of nitrogens with zero attached hydrogens (tertiary/aromatic N) is 1. The molecule has 0 radical (unpaired) electrons. The zero-order chi connectivity index (χ0) is 23.3. The fraction of sp³-hybridized carbons (Fsp3) is 0.348. The molecule has 9 heteroatoms. The SMILES string of the molecule is CCC[C@@H](C(=O)NCC(=O)O)N1C(=O)CO[C@H](c2ccc(Cl)cc2)[C@@H]1c1ccc(Cl)cc1. The maximum Gasteiger partial charge on any atom is 0.322 e. The number of ether oxygens (including phenoxy) is 1. The number of carboxylic acid groups (broad SMARTS) is 1. The number of benzene rings is 2. The van der Waals surface area contributed by atoms with Crippen LogP contribution in [0, 0.1) is 0 Å². The Morgan fingerprint density at radius 2 is 1.66 bits per heavy atom. The zero-order valence-electron chi connectivity index (χ0n) is 17.5. The van der Waals surface area contributed by atoms with Gasteiger partial charge in [-0.15, -0.1) is 0 Å². The Morgan fingerprint density at radius 3 is 2.19 bits per heavy atom. The second-order valence-corrected chi connectivity index (χ2v) is 8.37. The highest BCUT2D eigenvalue weighted by Crippen LogP contribution is 2.42. The van der Waals surface area contributed by atoms with E-state index in [1.54, 1.807) is 36.4 Å². The molecule has 1 aliphatic heterocycles. The monoisotopic (exact) mass is 478 g/mol. The standard InChI is InChI=1S/C23H24Cl2N2O5/c1-2-3-18(23(31)26-12-20(29)30)27-19(28)13-32-22(15-6-10-17(25)11-7-15)21(27)14-4-8-16(24)9-5-14/h4-11,18,21-22H,2-3,12-13H2,1H3,(H,26,31)(H,29,30)/t18-,21-,22+/m0/s1. The predicted octanol–water partition coefficient (Wildman–Crippen LogP) is 4.00. The van der Waals surface area contributed by atoms with Crippen molar-refractivity contribution in [1.29, 1.82) is 0 Å². The van der Waals surface area contributed by atoms with Crippen molar-refractivity contribution in [2.24, 2.45) is 0 Å². The van der Waals surface area contributed by atoms with Crippen LogP contribution in [0.2, 0.25) is 10.0 Å². The molecular weight excluding hydrogens is 455 g/mol. The number of halogens is 2. The summed E-state index contributed by atoms with van der Waals surface area (Å²) in [5.74, 6) is -2.02. The van der Waals surface area contributed by atoms with E-state index in [1.807, 2.05) is 19.1 Å². The van der Waals surface area contributed by atoms with Gasteiger partial charge >= 0.3 is 5.97 Å². The van der Waals surface area contributed by atoms with Gasteiger partial charge in [-0.05, 0) is 41.8 Å². The third-order valence-corrected chi connectivity index (χ3v) is 5.79. The van der Waals surface area contributed by atoms with E-state index in [-0.39, 0.29) is 12.5 Å². The highest BCUT2D eigenvalue weighted by molar-refractivity contribution is 6.30. The largest absolute Gasteiger partial charge is 0.480 e. The van der Waals surface area contributed by atoms with Crippen LogP contribution in [-0.2, 0) is 19.1 Å². The second-order valence-electron chi connectivity index (χ2n) is 7.50. The smallest absolute Gasteiger partial charge is 0.322 e. The fourth-order valence-electron chi connectivity index (χ4n) is 3.87. The molecule has 1 fully saturated rings. The minimum Gasteiger partial charge on any atom is -0.480 e. The summed E-state index contributed by atoms with van der Waals surface area (Å²) in [6, 6.07) is 12.7. The van der Waals surface area contributed by atoms with Crippen molar-refractivity contribution in [2.45, 2.75) is 38.0 Å². The number of carbonyl (C=O) groups excluding carboxylic acids is 2. The molecule has 2 N–H and O–H groups in total. The minimum atomic E-state index is -1.16. The van der Waals surface area contributed by atoms with Crippen molar-refractivity contribution in [1.82, 2.24) is 10.2 Å². The average Bonchev–Trinajstić information content (AvgIpc) is 2.77. The molecule has 2 aromatic rings. The Kier molecular flexibility index (Phi) is 8.12. The fourth-order valence-corrected chi connectivity index (χ4v) is 4.12. The third kappa shape index (κ3) is 5.59. The van der Waals surface area contributed by atoms with Crippen molar-refractivity contribution in [3.05, 3.63) is 69.7 Å². The van der Waals surface area contributed by atoms with Crippen LogP contribution in [0.5, 0.6) is 0 Å². The molecule has 7 nitrogen and oxygen atoms in total. The first-order valence-corrected chi connectivity index (χ1v) is 11.0. The van der Waals surface area contributed by atoms with Crippen molar-refractivity contribution >= 4 is 41.0 Å². The topological polar surface area (TPSA) is 95.9 Å². The van der Waals surface area contributed by atoms with Crippen LogP contribution in [0.1, 0.15) is 43.0 Å². The first-order chi connectivity index (χ1) is 15.3. The Bertz CT molecular complexity index is 965. The number of aliphatic carboxylic acids is 1. The summed E-state index contributed by atoms with van der Waals surface area (Å²) in [7, 11) is 0. The summed E-state index contributed by atoms with van der Waals surface area (Å²) in [6.07, 6.45) is 0.432. The van der Waals surface area contributed by atoms with Crippen LogP contribution in [0.25, 0.3) is 0 Å². The molecule has 1 heterocycles. The molecule has 3 atom stereocenters. The number of amides is 2. The zero-order valence-corrected chi connectivity index (χ0v) is 19.0. The molecule has 0 unspecified atom stereocenters. The summed E-state index contributed by atoms with van der Waals surface area (Å²) in [6.45, 7) is 1.17. The highest BCUT2D eigenvalue weighted by Gasteiger charge is 2.44. The van der Waals surface area contributed by atoms with E-state index in [0.717, 1.165) is 11.1 Å². The Balaban J connectivity index is 2.06. The molecule has 0 bridgehead atoms. The van der Waals surface area contributed by atoms with Gasteiger partial charge in [0.2, 0.25) is 11.8 Å². The summed E-state index contributed by atoms with van der Waals surface area (Å²) in [4.78, 5) is 38.5. The second kappa shape index (κ2) is 10.8. The lowest BCUT2D eigenvalue weighted by atomic mass is 9.90. The number of rotatable bonds is 8. The lowest BCUT2D eigenvalue weighted by Gasteiger charge is -2.45. The number of carbonyl (C=O) groups is 3. The summed E-state index contributed by atoms with van der Waals surface area (Å²) < 4.78 is 5.96. The summed E-state index contributed by atoms with van der Waals surface area (Å²) in [5, 5.41) is 12.5. The molecule has 2 aromatic carbocycles. The van der Waals surface area contributed by atoms with Gasteiger partial charge in [0.15, 0.2) is 0 Å². The van der Waals surface area contributed by atoms with Gasteiger partial charge in [0.1, 0.15) is 25.3 Å². The summed E-state index contributed by atoms with van der Waals surface area (Å²) >= 11 is 12.1. The molecule has 2 amide bonds. The van der Waals surface area contributed by atoms with E-state index in [9.17, 15) is 14.4 Å². The Hall–Kier alpha value is -2.61. The van der Waals surface area contributed by atoms with Crippen LogP contribution in [-0.4, -0.2) is 47.0 Å². The first-order valence-electron chi connectivity index (χ1n) is 10.2. The Labute approximate surface area is 196 Å². The molecule has 170 valence electrons. The van der Waals surface area contributed by atoms with E-state index in [4.69, 9.17) is 33.0 Å². The predicted molar refractivity (Wildman–Crippen MR) is 121 cm³/mol. The highest BCUT2D eigenvalue weighted by atomic mass is 35.5. The van der Waals surface area contributed by atoms with Gasteiger partial charge in [0, 0.05) is 10.0 Å². The van der Waals surface area contributed by atoms with Gasteiger partial charge < -0.3 is 20.1 Å². The van der Waals surface area contributed by atoms with Crippen molar-refractivity contribution < 1.29 is 24.2 Å². The first kappa shape index (κ1) is 24.0. The molecule has 1 aliphatic rings. The molecule has 1 saturated heterocycles. The molecule has 3 rings (SSSR count). The number of morpholine rings is 1. The van der Waals surface area contributed by atoms with Crippen LogP contribution in [0.15, 0.2) is 48.5 Å². The molecular formula is C23H24Cl2N2O5.